The molecule has 0 aliphatic heterocycles. The molecule has 0 fully saturated rings. The lowest BCUT2D eigenvalue weighted by atomic mass is 10.1. The van der Waals surface area contributed by atoms with Crippen molar-refractivity contribution in [2.75, 3.05) is 5.32 Å². The first-order valence-electron chi connectivity index (χ1n) is 12.1. The van der Waals surface area contributed by atoms with Gasteiger partial charge in [0.15, 0.2) is 0 Å². The third-order valence-electron chi connectivity index (χ3n) is 5.72. The Bertz CT molecular complexity index is 1300. The number of nitrogens with one attached hydrogen (secondary N) is 1. The maximum atomic E-state index is 6.32. The largest absolute Gasteiger partial charge is 0.490 e. The number of hydrogen-bond acceptors (Lipinski definition) is 4. The third-order valence-corrected chi connectivity index (χ3v) is 5.72. The molecule has 1 aromatic heterocycles. The predicted octanol–water partition coefficient (Wildman–Crippen LogP) is 7.79. The number of allylic oxidation sites excluding steroid dienone is 1. The lowest BCUT2D eigenvalue weighted by Crippen LogP contribution is -2.15. The van der Waals surface area contributed by atoms with Crippen molar-refractivity contribution in [2.24, 2.45) is 0 Å². The molecule has 0 spiro atoms. The van der Waals surface area contributed by atoms with E-state index >= 15 is 0 Å². The van der Waals surface area contributed by atoms with E-state index in [2.05, 4.69) is 42.5 Å². The molecule has 0 bridgehead atoms. The van der Waals surface area contributed by atoms with Gasteiger partial charge in [-0.25, -0.2) is 4.98 Å². The lowest BCUT2D eigenvalue weighted by Gasteiger charge is -2.18. The number of nitrogens with zero attached hydrogens (tertiary/aromatic N) is 1. The second-order valence-electron chi connectivity index (χ2n) is 8.90. The van der Waals surface area contributed by atoms with E-state index in [1.165, 1.54) is 5.56 Å². The summed E-state index contributed by atoms with van der Waals surface area (Å²) in [6.45, 7) is 12.7. The highest BCUT2D eigenvalue weighted by Gasteiger charge is 2.11. The van der Waals surface area contributed by atoms with Crippen LogP contribution in [0.5, 0.6) is 11.5 Å². The quantitative estimate of drug-likeness (QED) is 0.240. The molecule has 4 aromatic rings. The van der Waals surface area contributed by atoms with E-state index in [0.717, 1.165) is 34.4 Å². The van der Waals surface area contributed by atoms with Crippen molar-refractivity contribution in [3.05, 3.63) is 133 Å². The molecular weight excluding hydrogens is 444 g/mol. The fourth-order valence-electron chi connectivity index (χ4n) is 3.81. The van der Waals surface area contributed by atoms with E-state index in [-0.39, 0.29) is 6.10 Å². The van der Waals surface area contributed by atoms with Crippen LogP contribution >= 0.6 is 0 Å². The summed E-state index contributed by atoms with van der Waals surface area (Å²) in [5.74, 6) is 2.15. The summed E-state index contributed by atoms with van der Waals surface area (Å²) in [6, 6.07) is 30.2. The van der Waals surface area contributed by atoms with Gasteiger partial charge >= 0.3 is 0 Å². The highest BCUT2D eigenvalue weighted by atomic mass is 16.5. The molecule has 4 heteroatoms. The molecule has 1 heterocycles. The first-order valence-corrected chi connectivity index (χ1v) is 12.1. The van der Waals surface area contributed by atoms with Gasteiger partial charge in [0.05, 0.1) is 6.10 Å². The Balaban J connectivity index is 1.53. The van der Waals surface area contributed by atoms with Crippen LogP contribution in [-0.4, -0.2) is 11.1 Å². The van der Waals surface area contributed by atoms with Gasteiger partial charge in [0.25, 0.3) is 0 Å². The van der Waals surface area contributed by atoms with Crippen LogP contribution < -0.4 is 14.8 Å². The van der Waals surface area contributed by atoms with Gasteiger partial charge in [0.1, 0.15) is 23.9 Å². The standard InChI is InChI=1S/C32H32N2O2/c1-23(2)28-15-16-32(33-21-28)34-25(4)29-18-30(35-22-27-13-9-6-10-14-27)20-31(19-29)36-24(3)17-26-11-7-5-8-12-26/h5-16,18-21,24H,1,4,17,22H2,2-3H3,(H,33,34). The average Bonchev–Trinajstić information content (AvgIpc) is 2.89. The molecule has 4 nitrogen and oxygen atoms in total. The summed E-state index contributed by atoms with van der Waals surface area (Å²) in [7, 11) is 0. The van der Waals surface area contributed by atoms with Crippen molar-refractivity contribution in [2.45, 2.75) is 33.0 Å². The highest BCUT2D eigenvalue weighted by Crippen LogP contribution is 2.29. The topological polar surface area (TPSA) is 43.4 Å². The van der Waals surface area contributed by atoms with E-state index in [4.69, 9.17) is 9.47 Å². The molecule has 182 valence electrons. The van der Waals surface area contributed by atoms with E-state index in [9.17, 15) is 0 Å². The van der Waals surface area contributed by atoms with Gasteiger partial charge in [-0.1, -0.05) is 73.8 Å². The zero-order chi connectivity index (χ0) is 25.3. The Morgan fingerprint density at radius 1 is 0.833 bits per heavy atom. The number of rotatable bonds is 11. The minimum atomic E-state index is -0.0119. The predicted molar refractivity (Wildman–Crippen MR) is 149 cm³/mol. The molecule has 1 N–H and O–H groups in total. The minimum Gasteiger partial charge on any atom is -0.490 e. The SMILES string of the molecule is C=C(C)c1ccc(NC(=C)c2cc(OCc3ccccc3)cc(OC(C)Cc3ccccc3)c2)nc1. The van der Waals surface area contributed by atoms with Gasteiger partial charge in [0, 0.05) is 29.9 Å². The lowest BCUT2D eigenvalue weighted by molar-refractivity contribution is 0.220. The van der Waals surface area contributed by atoms with Crippen LogP contribution in [0, 0.1) is 0 Å². The van der Waals surface area contributed by atoms with E-state index in [0.29, 0.717) is 23.9 Å². The number of anilines is 1. The summed E-state index contributed by atoms with van der Waals surface area (Å²) in [5.41, 5.74) is 5.89. The van der Waals surface area contributed by atoms with Gasteiger partial charge in [0.2, 0.25) is 0 Å². The molecule has 3 aromatic carbocycles. The summed E-state index contributed by atoms with van der Waals surface area (Å²) in [4.78, 5) is 4.49. The Morgan fingerprint density at radius 2 is 1.50 bits per heavy atom. The molecule has 0 saturated carbocycles. The van der Waals surface area contributed by atoms with Crippen molar-refractivity contribution >= 4 is 17.1 Å². The number of pyridine rings is 1. The molecule has 1 atom stereocenters. The van der Waals surface area contributed by atoms with E-state index in [1.54, 1.807) is 6.20 Å². The molecule has 0 saturated heterocycles. The van der Waals surface area contributed by atoms with Gasteiger partial charge in [-0.3, -0.25) is 0 Å². The number of hydrogen-bond donors (Lipinski definition) is 1. The molecule has 0 aliphatic rings. The van der Waals surface area contributed by atoms with Crippen LogP contribution in [0.1, 0.15) is 36.1 Å². The Morgan fingerprint density at radius 3 is 2.14 bits per heavy atom. The molecule has 0 amide bonds. The fraction of sp³-hybridized carbons (Fsp3) is 0.156. The molecule has 0 aliphatic carbocycles. The highest BCUT2D eigenvalue weighted by molar-refractivity contribution is 5.75. The second kappa shape index (κ2) is 11.9. The van der Waals surface area contributed by atoms with Crippen molar-refractivity contribution < 1.29 is 9.47 Å². The average molecular weight is 477 g/mol. The van der Waals surface area contributed by atoms with Crippen LogP contribution in [0.4, 0.5) is 5.82 Å². The van der Waals surface area contributed by atoms with Gasteiger partial charge in [-0.05, 0) is 60.4 Å². The Kier molecular flexibility index (Phi) is 8.20. The van der Waals surface area contributed by atoms with Gasteiger partial charge in [-0.2, -0.15) is 0 Å². The zero-order valence-corrected chi connectivity index (χ0v) is 20.9. The van der Waals surface area contributed by atoms with E-state index < -0.39 is 0 Å². The molecule has 1 unspecified atom stereocenters. The van der Waals surface area contributed by atoms with E-state index in [1.807, 2.05) is 85.8 Å². The molecule has 36 heavy (non-hydrogen) atoms. The van der Waals surface area contributed by atoms with Crippen LogP contribution in [0.25, 0.3) is 11.3 Å². The Hall–Kier alpha value is -4.31. The fourth-order valence-corrected chi connectivity index (χ4v) is 3.81. The van der Waals surface area contributed by atoms with Crippen molar-refractivity contribution in [1.82, 2.24) is 4.98 Å². The number of benzene rings is 3. The minimum absolute atomic E-state index is 0.0119. The molecule has 4 rings (SSSR count). The number of ether oxygens (including phenoxy) is 2. The van der Waals surface area contributed by atoms with Crippen molar-refractivity contribution in [1.29, 1.82) is 0 Å². The Labute approximate surface area is 214 Å². The monoisotopic (exact) mass is 476 g/mol. The normalized spacial score (nSPS) is 11.4. The van der Waals surface area contributed by atoms with Crippen molar-refractivity contribution in [3.63, 3.8) is 0 Å². The summed E-state index contributed by atoms with van der Waals surface area (Å²) in [6.07, 6.45) is 2.60. The third kappa shape index (κ3) is 7.09. The van der Waals surface area contributed by atoms with Crippen LogP contribution in [0.2, 0.25) is 0 Å². The maximum Gasteiger partial charge on any atom is 0.130 e. The smallest absolute Gasteiger partial charge is 0.130 e. The molecular formula is C32H32N2O2. The van der Waals surface area contributed by atoms with Gasteiger partial charge < -0.3 is 14.8 Å². The van der Waals surface area contributed by atoms with Crippen molar-refractivity contribution in [3.8, 4) is 11.5 Å². The maximum absolute atomic E-state index is 6.32. The van der Waals surface area contributed by atoms with Crippen LogP contribution in [0.15, 0.2) is 110 Å². The summed E-state index contributed by atoms with van der Waals surface area (Å²) >= 11 is 0. The summed E-state index contributed by atoms with van der Waals surface area (Å²) in [5, 5.41) is 3.30. The van der Waals surface area contributed by atoms with Gasteiger partial charge in [-0.15, -0.1) is 0 Å². The zero-order valence-electron chi connectivity index (χ0n) is 20.9. The summed E-state index contributed by atoms with van der Waals surface area (Å²) < 4.78 is 12.5. The van der Waals surface area contributed by atoms with Crippen LogP contribution in [-0.2, 0) is 13.0 Å². The number of aromatic nitrogens is 1. The first kappa shape index (κ1) is 24.8. The molecule has 0 radical (unpaired) electrons. The van der Waals surface area contributed by atoms with Crippen LogP contribution in [0.3, 0.4) is 0 Å². The first-order chi connectivity index (χ1) is 17.5. The second-order valence-corrected chi connectivity index (χ2v) is 8.90.